The fourth-order valence-corrected chi connectivity index (χ4v) is 1.56. The average molecular weight is 247 g/mol. The molecular weight excluding hydrogens is 232 g/mol. The van der Waals surface area contributed by atoms with Gasteiger partial charge in [0.2, 0.25) is 5.91 Å². The van der Waals surface area contributed by atoms with Crippen LogP contribution < -0.4 is 10.6 Å². The standard InChI is InChI=1S/C9H15BrN2O/c1-7(10)5-12-9(13)4-8-2-3-11-6-8/h8,11H,1-6H2,(H,12,13). The normalized spacial score (nSPS) is 21.5. The van der Waals surface area contributed by atoms with E-state index in [9.17, 15) is 4.79 Å². The molecular formula is C9H15BrN2O. The summed E-state index contributed by atoms with van der Waals surface area (Å²) in [6.07, 6.45) is 1.75. The van der Waals surface area contributed by atoms with Crippen molar-refractivity contribution in [2.45, 2.75) is 12.8 Å². The highest BCUT2D eigenvalue weighted by atomic mass is 79.9. The monoisotopic (exact) mass is 246 g/mol. The van der Waals surface area contributed by atoms with Gasteiger partial charge in [-0.1, -0.05) is 22.5 Å². The highest BCUT2D eigenvalue weighted by Crippen LogP contribution is 2.11. The Bertz CT molecular complexity index is 200. The summed E-state index contributed by atoms with van der Waals surface area (Å²) in [5.74, 6) is 0.637. The Morgan fingerprint density at radius 3 is 3.00 bits per heavy atom. The third kappa shape index (κ3) is 4.43. The fraction of sp³-hybridized carbons (Fsp3) is 0.667. The lowest BCUT2D eigenvalue weighted by Gasteiger charge is -2.08. The molecule has 1 saturated heterocycles. The van der Waals surface area contributed by atoms with Gasteiger partial charge in [0.15, 0.2) is 0 Å². The highest BCUT2D eigenvalue weighted by Gasteiger charge is 2.17. The first-order chi connectivity index (χ1) is 6.18. The van der Waals surface area contributed by atoms with Gasteiger partial charge in [-0.05, 0) is 25.4 Å². The van der Waals surface area contributed by atoms with E-state index >= 15 is 0 Å². The molecule has 0 aromatic heterocycles. The summed E-state index contributed by atoms with van der Waals surface area (Å²) in [6, 6.07) is 0. The van der Waals surface area contributed by atoms with Crippen LogP contribution in [0.3, 0.4) is 0 Å². The largest absolute Gasteiger partial charge is 0.352 e. The molecule has 1 atom stereocenters. The van der Waals surface area contributed by atoms with E-state index in [1.807, 2.05) is 0 Å². The molecule has 0 aromatic rings. The molecule has 13 heavy (non-hydrogen) atoms. The van der Waals surface area contributed by atoms with Crippen molar-refractivity contribution in [3.63, 3.8) is 0 Å². The third-order valence-corrected chi connectivity index (χ3v) is 2.39. The zero-order valence-corrected chi connectivity index (χ0v) is 9.19. The maximum absolute atomic E-state index is 11.3. The number of carbonyl (C=O) groups excluding carboxylic acids is 1. The predicted molar refractivity (Wildman–Crippen MR) is 56.7 cm³/mol. The van der Waals surface area contributed by atoms with Crippen LogP contribution in [0.15, 0.2) is 11.1 Å². The average Bonchev–Trinajstić information content (AvgIpc) is 2.53. The van der Waals surface area contributed by atoms with E-state index < -0.39 is 0 Å². The number of nitrogens with one attached hydrogen (secondary N) is 2. The third-order valence-electron chi connectivity index (χ3n) is 2.11. The van der Waals surface area contributed by atoms with Crippen molar-refractivity contribution in [1.29, 1.82) is 0 Å². The molecule has 0 spiro atoms. The first-order valence-electron chi connectivity index (χ1n) is 4.49. The van der Waals surface area contributed by atoms with Gasteiger partial charge < -0.3 is 10.6 Å². The Hall–Kier alpha value is -0.350. The van der Waals surface area contributed by atoms with Gasteiger partial charge >= 0.3 is 0 Å². The topological polar surface area (TPSA) is 41.1 Å². The number of carbonyl (C=O) groups is 1. The molecule has 74 valence electrons. The molecule has 1 unspecified atom stereocenters. The quantitative estimate of drug-likeness (QED) is 0.778. The Kier molecular flexibility index (Phi) is 4.45. The molecule has 1 aliphatic heterocycles. The van der Waals surface area contributed by atoms with Gasteiger partial charge in [-0.3, -0.25) is 4.79 Å². The van der Waals surface area contributed by atoms with Crippen LogP contribution in [0.25, 0.3) is 0 Å². The summed E-state index contributed by atoms with van der Waals surface area (Å²) in [5.41, 5.74) is 0. The molecule has 0 saturated carbocycles. The van der Waals surface area contributed by atoms with Crippen molar-refractivity contribution >= 4 is 21.8 Å². The zero-order chi connectivity index (χ0) is 9.68. The lowest BCUT2D eigenvalue weighted by molar-refractivity contribution is -0.121. The lowest BCUT2D eigenvalue weighted by Crippen LogP contribution is -2.27. The van der Waals surface area contributed by atoms with Crippen LogP contribution in [0.5, 0.6) is 0 Å². The zero-order valence-electron chi connectivity index (χ0n) is 7.61. The Labute approximate surface area is 87.1 Å². The Balaban J connectivity index is 2.13. The maximum Gasteiger partial charge on any atom is 0.220 e. The van der Waals surface area contributed by atoms with E-state index in [2.05, 4.69) is 33.1 Å². The van der Waals surface area contributed by atoms with Gasteiger partial charge in [-0.2, -0.15) is 0 Å². The second kappa shape index (κ2) is 5.40. The van der Waals surface area contributed by atoms with E-state index in [4.69, 9.17) is 0 Å². The molecule has 1 aliphatic rings. The van der Waals surface area contributed by atoms with Crippen molar-refractivity contribution in [3.05, 3.63) is 11.1 Å². The van der Waals surface area contributed by atoms with E-state index in [0.717, 1.165) is 24.0 Å². The molecule has 1 amide bonds. The number of halogens is 1. The summed E-state index contributed by atoms with van der Waals surface area (Å²) in [4.78, 5) is 11.3. The molecule has 4 heteroatoms. The molecule has 2 N–H and O–H groups in total. The smallest absolute Gasteiger partial charge is 0.220 e. The lowest BCUT2D eigenvalue weighted by atomic mass is 10.0. The molecule has 0 radical (unpaired) electrons. The van der Waals surface area contributed by atoms with Gasteiger partial charge in [-0.15, -0.1) is 0 Å². The number of rotatable bonds is 4. The van der Waals surface area contributed by atoms with Gasteiger partial charge in [0.05, 0.1) is 0 Å². The van der Waals surface area contributed by atoms with E-state index in [1.54, 1.807) is 0 Å². The molecule has 1 fully saturated rings. The predicted octanol–water partition coefficient (Wildman–Crippen LogP) is 1.01. The van der Waals surface area contributed by atoms with Gasteiger partial charge in [-0.25, -0.2) is 0 Å². The molecule has 3 nitrogen and oxygen atoms in total. The second-order valence-electron chi connectivity index (χ2n) is 3.36. The Morgan fingerprint density at radius 2 is 2.46 bits per heavy atom. The van der Waals surface area contributed by atoms with Gasteiger partial charge in [0.1, 0.15) is 0 Å². The highest BCUT2D eigenvalue weighted by molar-refractivity contribution is 9.11. The van der Waals surface area contributed by atoms with E-state index in [1.165, 1.54) is 0 Å². The first kappa shape index (κ1) is 10.7. The second-order valence-corrected chi connectivity index (χ2v) is 4.48. The van der Waals surface area contributed by atoms with Crippen LogP contribution in [0.4, 0.5) is 0 Å². The minimum Gasteiger partial charge on any atom is -0.352 e. The summed E-state index contributed by atoms with van der Waals surface area (Å²) in [7, 11) is 0. The Morgan fingerprint density at radius 1 is 1.69 bits per heavy atom. The van der Waals surface area contributed by atoms with Crippen molar-refractivity contribution in [1.82, 2.24) is 10.6 Å². The minimum absolute atomic E-state index is 0.120. The van der Waals surface area contributed by atoms with Crippen LogP contribution >= 0.6 is 15.9 Å². The number of hydrogen-bond acceptors (Lipinski definition) is 2. The van der Waals surface area contributed by atoms with E-state index in [-0.39, 0.29) is 5.91 Å². The molecule has 0 bridgehead atoms. The first-order valence-corrected chi connectivity index (χ1v) is 5.28. The van der Waals surface area contributed by atoms with Gasteiger partial charge in [0.25, 0.3) is 0 Å². The molecule has 1 heterocycles. The van der Waals surface area contributed by atoms with Crippen LogP contribution in [0.1, 0.15) is 12.8 Å². The molecule has 0 aliphatic carbocycles. The fourth-order valence-electron chi connectivity index (χ4n) is 1.42. The van der Waals surface area contributed by atoms with Crippen molar-refractivity contribution < 1.29 is 4.79 Å². The summed E-state index contributed by atoms with van der Waals surface area (Å²) >= 11 is 3.19. The van der Waals surface area contributed by atoms with Crippen LogP contribution in [-0.2, 0) is 4.79 Å². The van der Waals surface area contributed by atoms with Crippen LogP contribution in [0, 0.1) is 5.92 Å². The van der Waals surface area contributed by atoms with Crippen molar-refractivity contribution in [2.24, 2.45) is 5.92 Å². The minimum atomic E-state index is 0.120. The summed E-state index contributed by atoms with van der Waals surface area (Å²) in [5, 5.41) is 6.03. The van der Waals surface area contributed by atoms with Crippen LogP contribution in [-0.4, -0.2) is 25.5 Å². The van der Waals surface area contributed by atoms with Crippen molar-refractivity contribution in [3.8, 4) is 0 Å². The summed E-state index contributed by atoms with van der Waals surface area (Å²) < 4.78 is 0.811. The van der Waals surface area contributed by atoms with E-state index in [0.29, 0.717) is 18.9 Å². The van der Waals surface area contributed by atoms with Gasteiger partial charge in [0, 0.05) is 17.4 Å². The molecule has 1 rings (SSSR count). The SMILES string of the molecule is C=C(Br)CNC(=O)CC1CCNC1. The number of amides is 1. The van der Waals surface area contributed by atoms with Crippen molar-refractivity contribution in [2.75, 3.05) is 19.6 Å². The summed E-state index contributed by atoms with van der Waals surface area (Å²) in [6.45, 7) is 6.19. The molecule has 0 aromatic carbocycles. The maximum atomic E-state index is 11.3. The number of hydrogen-bond donors (Lipinski definition) is 2. The van der Waals surface area contributed by atoms with Crippen LogP contribution in [0.2, 0.25) is 0 Å².